The van der Waals surface area contributed by atoms with Gasteiger partial charge in [-0.2, -0.15) is 5.06 Å². The highest BCUT2D eigenvalue weighted by molar-refractivity contribution is 6.23. The van der Waals surface area contributed by atoms with E-state index in [4.69, 9.17) is 9.57 Å². The van der Waals surface area contributed by atoms with Crippen molar-refractivity contribution in [1.82, 2.24) is 10.1 Å². The van der Waals surface area contributed by atoms with Crippen LogP contribution >= 0.6 is 0 Å². The van der Waals surface area contributed by atoms with Gasteiger partial charge in [0.25, 0.3) is 5.91 Å². The second-order valence-electron chi connectivity index (χ2n) is 6.87. The summed E-state index contributed by atoms with van der Waals surface area (Å²) >= 11 is 0. The first-order valence-electron chi connectivity index (χ1n) is 8.91. The van der Waals surface area contributed by atoms with Gasteiger partial charge in [0.2, 0.25) is 0 Å². The van der Waals surface area contributed by atoms with Crippen molar-refractivity contribution in [2.24, 2.45) is 0 Å². The molecule has 0 aliphatic carbocycles. The first-order chi connectivity index (χ1) is 12.4. The molecule has 142 valence electrons. The molecule has 1 amide bonds. The van der Waals surface area contributed by atoms with Crippen LogP contribution in [0.5, 0.6) is 0 Å². The zero-order valence-electron chi connectivity index (χ0n) is 15.5. The summed E-state index contributed by atoms with van der Waals surface area (Å²) in [7, 11) is 0. The van der Waals surface area contributed by atoms with E-state index in [-0.39, 0.29) is 24.0 Å². The number of aliphatic hydroxyl groups excluding tert-OH is 1. The number of rotatable bonds is 5. The molecule has 26 heavy (non-hydrogen) atoms. The quantitative estimate of drug-likeness (QED) is 0.619. The summed E-state index contributed by atoms with van der Waals surface area (Å²) in [5, 5.41) is 23.3. The Hall–Kier alpha value is -1.93. The van der Waals surface area contributed by atoms with Gasteiger partial charge in [0.15, 0.2) is 6.79 Å². The molecule has 0 bridgehead atoms. The number of aliphatic hydroxyl groups is 1. The Morgan fingerprint density at radius 2 is 1.92 bits per heavy atom. The molecule has 0 atom stereocenters. The molecule has 1 spiro atoms. The van der Waals surface area contributed by atoms with Gasteiger partial charge in [0, 0.05) is 19.7 Å². The van der Waals surface area contributed by atoms with Crippen molar-refractivity contribution in [1.29, 1.82) is 0 Å². The molecule has 2 aliphatic heterocycles. The van der Waals surface area contributed by atoms with Crippen molar-refractivity contribution in [3.8, 4) is 0 Å². The van der Waals surface area contributed by atoms with Crippen LogP contribution in [0.3, 0.4) is 0 Å². The van der Waals surface area contributed by atoms with Gasteiger partial charge in [-0.25, -0.2) is 9.90 Å². The summed E-state index contributed by atoms with van der Waals surface area (Å²) in [6, 6.07) is 5.76. The minimum absolute atomic E-state index is 0.0130. The van der Waals surface area contributed by atoms with Crippen LogP contribution in [-0.4, -0.2) is 58.4 Å². The fourth-order valence-corrected chi connectivity index (χ4v) is 3.72. The van der Waals surface area contributed by atoms with Crippen molar-refractivity contribution in [3.63, 3.8) is 0 Å². The van der Waals surface area contributed by atoms with Crippen LogP contribution in [0.4, 0.5) is 0 Å². The van der Waals surface area contributed by atoms with Crippen LogP contribution in [-0.2, 0) is 14.4 Å². The van der Waals surface area contributed by atoms with Gasteiger partial charge in [-0.3, -0.25) is 4.79 Å². The third kappa shape index (κ3) is 3.12. The third-order valence-corrected chi connectivity index (χ3v) is 5.15. The highest BCUT2D eigenvalue weighted by atomic mass is 16.8. The number of carbonyl (C=O) groups excluding carboxylic acids is 1. The lowest BCUT2D eigenvalue weighted by atomic mass is 9.85. The van der Waals surface area contributed by atoms with Crippen LogP contribution in [0.2, 0.25) is 0 Å². The topological polar surface area (TPSA) is 82.5 Å². The van der Waals surface area contributed by atoms with Crippen LogP contribution in [0.15, 0.2) is 24.0 Å². The summed E-state index contributed by atoms with van der Waals surface area (Å²) in [4.78, 5) is 18.8. The van der Waals surface area contributed by atoms with Crippen molar-refractivity contribution in [2.45, 2.75) is 39.2 Å². The Kier molecular flexibility index (Phi) is 5.34. The van der Waals surface area contributed by atoms with E-state index in [1.165, 1.54) is 10.1 Å². The van der Waals surface area contributed by atoms with Crippen LogP contribution in [0.25, 0.3) is 5.57 Å². The molecular weight excluding hydrogens is 336 g/mol. The van der Waals surface area contributed by atoms with E-state index in [0.29, 0.717) is 38.1 Å². The standard InChI is InChI=1S/C19H26N2O5/c1-4-25-12-26-21-18(23)16(15-6-5-13(2)11-14(15)3)17(22)19(21)7-9-20(24)10-8-19/h5-6,11,22,24H,4,7-10,12H2,1-3H3. The smallest absolute Gasteiger partial charge is 0.282 e. The molecule has 2 heterocycles. The number of amides is 1. The van der Waals surface area contributed by atoms with Gasteiger partial charge in [-0.15, -0.1) is 0 Å². The Bertz CT molecular complexity index is 723. The molecule has 2 N–H and O–H groups in total. The largest absolute Gasteiger partial charge is 0.509 e. The van der Waals surface area contributed by atoms with Gasteiger partial charge < -0.3 is 15.1 Å². The van der Waals surface area contributed by atoms with E-state index >= 15 is 0 Å². The summed E-state index contributed by atoms with van der Waals surface area (Å²) in [6.45, 7) is 6.81. The fourth-order valence-electron chi connectivity index (χ4n) is 3.72. The molecule has 1 saturated heterocycles. The number of benzene rings is 1. The van der Waals surface area contributed by atoms with Gasteiger partial charge >= 0.3 is 0 Å². The third-order valence-electron chi connectivity index (χ3n) is 5.15. The number of hydrogen-bond acceptors (Lipinski definition) is 6. The Balaban J connectivity index is 2.03. The van der Waals surface area contributed by atoms with E-state index in [1.54, 1.807) is 0 Å². The molecule has 1 aromatic rings. The zero-order chi connectivity index (χ0) is 18.9. The molecule has 0 radical (unpaired) electrons. The number of ether oxygens (including phenoxy) is 1. The van der Waals surface area contributed by atoms with Crippen molar-refractivity contribution >= 4 is 11.5 Å². The number of hydroxylamine groups is 4. The van der Waals surface area contributed by atoms with E-state index in [2.05, 4.69) is 0 Å². The normalized spacial score (nSPS) is 20.5. The fraction of sp³-hybridized carbons (Fsp3) is 0.526. The summed E-state index contributed by atoms with van der Waals surface area (Å²) in [6.07, 6.45) is 0.753. The molecule has 1 aromatic carbocycles. The predicted molar refractivity (Wildman–Crippen MR) is 95.2 cm³/mol. The molecular formula is C19H26N2O5. The summed E-state index contributed by atoms with van der Waals surface area (Å²) in [5.74, 6) is -0.361. The van der Waals surface area contributed by atoms with Gasteiger partial charge in [-0.1, -0.05) is 23.8 Å². The highest BCUT2D eigenvalue weighted by Gasteiger charge is 2.55. The van der Waals surface area contributed by atoms with Crippen molar-refractivity contribution in [2.75, 3.05) is 26.5 Å². The highest BCUT2D eigenvalue weighted by Crippen LogP contribution is 2.45. The predicted octanol–water partition coefficient (Wildman–Crippen LogP) is 2.56. The van der Waals surface area contributed by atoms with E-state index < -0.39 is 5.54 Å². The van der Waals surface area contributed by atoms with Crippen LogP contribution < -0.4 is 0 Å². The molecule has 2 aliphatic rings. The minimum Gasteiger partial charge on any atom is -0.509 e. The summed E-state index contributed by atoms with van der Waals surface area (Å²) in [5.41, 5.74) is 2.00. The molecule has 0 unspecified atom stereocenters. The van der Waals surface area contributed by atoms with Crippen molar-refractivity contribution < 1.29 is 24.7 Å². The van der Waals surface area contributed by atoms with Gasteiger partial charge in [-0.05, 0) is 44.7 Å². The lowest BCUT2D eigenvalue weighted by Crippen LogP contribution is -2.54. The molecule has 1 fully saturated rings. The van der Waals surface area contributed by atoms with Gasteiger partial charge in [0.05, 0.1) is 5.57 Å². The van der Waals surface area contributed by atoms with Gasteiger partial charge in [0.1, 0.15) is 11.3 Å². The maximum absolute atomic E-state index is 13.2. The maximum Gasteiger partial charge on any atom is 0.282 e. The van der Waals surface area contributed by atoms with Crippen LogP contribution in [0.1, 0.15) is 36.5 Å². The number of piperidine rings is 1. The first-order valence-corrected chi connectivity index (χ1v) is 8.91. The number of carbonyl (C=O) groups is 1. The molecule has 3 rings (SSSR count). The number of nitrogens with zero attached hydrogens (tertiary/aromatic N) is 2. The molecule has 0 aromatic heterocycles. The second kappa shape index (κ2) is 7.36. The average molecular weight is 362 g/mol. The monoisotopic (exact) mass is 362 g/mol. The number of aryl methyl sites for hydroxylation is 2. The SMILES string of the molecule is CCOCON1C(=O)C(c2ccc(C)cc2C)=C(O)C12CCN(O)CC2. The maximum atomic E-state index is 13.2. The first kappa shape index (κ1) is 18.8. The minimum atomic E-state index is -0.972. The molecule has 7 heteroatoms. The molecule has 7 nitrogen and oxygen atoms in total. The lowest BCUT2D eigenvalue weighted by molar-refractivity contribution is -0.260. The zero-order valence-corrected chi connectivity index (χ0v) is 15.5. The van der Waals surface area contributed by atoms with Crippen molar-refractivity contribution in [3.05, 3.63) is 40.6 Å². The Labute approximate surface area is 153 Å². The Morgan fingerprint density at radius 1 is 1.23 bits per heavy atom. The van der Waals surface area contributed by atoms with Crippen LogP contribution in [0, 0.1) is 13.8 Å². The number of hydrogen-bond donors (Lipinski definition) is 2. The average Bonchev–Trinajstić information content (AvgIpc) is 2.80. The van der Waals surface area contributed by atoms with E-state index in [1.807, 2.05) is 39.0 Å². The second-order valence-corrected chi connectivity index (χ2v) is 6.87. The lowest BCUT2D eigenvalue weighted by Gasteiger charge is -2.41. The summed E-state index contributed by atoms with van der Waals surface area (Å²) < 4.78 is 5.24. The van der Waals surface area contributed by atoms with E-state index in [0.717, 1.165) is 11.1 Å². The Morgan fingerprint density at radius 3 is 2.54 bits per heavy atom. The van der Waals surface area contributed by atoms with E-state index in [9.17, 15) is 15.1 Å². The molecule has 0 saturated carbocycles.